The number of anilines is 2. The van der Waals surface area contributed by atoms with E-state index in [1.807, 2.05) is 26.0 Å². The Morgan fingerprint density at radius 2 is 2.21 bits per heavy atom. The van der Waals surface area contributed by atoms with Crippen LogP contribution in [0, 0.1) is 12.8 Å². The fourth-order valence-corrected chi connectivity index (χ4v) is 2.53. The van der Waals surface area contributed by atoms with E-state index in [2.05, 4.69) is 5.32 Å². The summed E-state index contributed by atoms with van der Waals surface area (Å²) in [7, 11) is 0. The standard InChI is InChI=1S/C15H22N2O2/c1-3-19-12-7-11(8-12)9-14(18)17-15-10(2)5-4-6-13(15)16/h4-6,11-12H,3,7-9,16H2,1-2H3,(H,17,18). The van der Waals surface area contributed by atoms with Crippen molar-refractivity contribution in [3.05, 3.63) is 23.8 Å². The van der Waals surface area contributed by atoms with Crippen LogP contribution in [0.15, 0.2) is 18.2 Å². The number of nitrogen functional groups attached to an aromatic ring is 1. The van der Waals surface area contributed by atoms with Crippen molar-refractivity contribution in [2.75, 3.05) is 17.7 Å². The van der Waals surface area contributed by atoms with E-state index in [0.717, 1.165) is 30.7 Å². The molecule has 1 amide bonds. The Bertz CT molecular complexity index is 433. The van der Waals surface area contributed by atoms with Gasteiger partial charge in [-0.25, -0.2) is 0 Å². The number of benzene rings is 1. The number of hydrogen-bond acceptors (Lipinski definition) is 3. The van der Waals surface area contributed by atoms with Gasteiger partial charge in [-0.2, -0.15) is 0 Å². The van der Waals surface area contributed by atoms with Gasteiger partial charge < -0.3 is 15.8 Å². The lowest BCUT2D eigenvalue weighted by Crippen LogP contribution is -2.34. The minimum Gasteiger partial charge on any atom is -0.397 e. The molecule has 1 saturated carbocycles. The quantitative estimate of drug-likeness (QED) is 0.802. The fourth-order valence-electron chi connectivity index (χ4n) is 2.53. The Labute approximate surface area is 114 Å². The van der Waals surface area contributed by atoms with E-state index >= 15 is 0 Å². The molecule has 1 aliphatic rings. The van der Waals surface area contributed by atoms with E-state index in [0.29, 0.717) is 24.1 Å². The van der Waals surface area contributed by atoms with Gasteiger partial charge in [0.25, 0.3) is 0 Å². The molecule has 3 N–H and O–H groups in total. The topological polar surface area (TPSA) is 64.3 Å². The summed E-state index contributed by atoms with van der Waals surface area (Å²) in [4.78, 5) is 12.0. The van der Waals surface area contributed by atoms with E-state index < -0.39 is 0 Å². The molecule has 1 aliphatic carbocycles. The van der Waals surface area contributed by atoms with Gasteiger partial charge in [0.15, 0.2) is 0 Å². The second-order valence-electron chi connectivity index (χ2n) is 5.21. The SMILES string of the molecule is CCOC1CC(CC(=O)Nc2c(C)cccc2N)C1. The Hall–Kier alpha value is -1.55. The van der Waals surface area contributed by atoms with Gasteiger partial charge in [0.05, 0.1) is 17.5 Å². The summed E-state index contributed by atoms with van der Waals surface area (Å²) in [6.45, 7) is 4.70. The normalized spacial score (nSPS) is 21.8. The molecule has 0 atom stereocenters. The van der Waals surface area contributed by atoms with Crippen molar-refractivity contribution in [1.29, 1.82) is 0 Å². The zero-order valence-corrected chi connectivity index (χ0v) is 11.6. The summed E-state index contributed by atoms with van der Waals surface area (Å²) in [5.41, 5.74) is 8.23. The van der Waals surface area contributed by atoms with Crippen LogP contribution < -0.4 is 11.1 Å². The minimum atomic E-state index is 0.0425. The first kappa shape index (κ1) is 13.9. The molecule has 0 heterocycles. The third-order valence-electron chi connectivity index (χ3n) is 3.64. The van der Waals surface area contributed by atoms with Gasteiger partial charge in [0.2, 0.25) is 5.91 Å². The number of carbonyl (C=O) groups excluding carboxylic acids is 1. The molecule has 19 heavy (non-hydrogen) atoms. The van der Waals surface area contributed by atoms with Gasteiger partial charge in [-0.1, -0.05) is 12.1 Å². The predicted molar refractivity (Wildman–Crippen MR) is 77.0 cm³/mol. The number of para-hydroxylation sites is 1. The van der Waals surface area contributed by atoms with Crippen LogP contribution in [0.25, 0.3) is 0 Å². The molecule has 0 radical (unpaired) electrons. The Balaban J connectivity index is 1.82. The molecule has 4 heteroatoms. The van der Waals surface area contributed by atoms with Crippen LogP contribution in [-0.4, -0.2) is 18.6 Å². The van der Waals surface area contributed by atoms with Gasteiger partial charge >= 0.3 is 0 Å². The number of rotatable bonds is 5. The molecule has 1 aromatic rings. The summed E-state index contributed by atoms with van der Waals surface area (Å²) < 4.78 is 5.49. The minimum absolute atomic E-state index is 0.0425. The molecular formula is C15H22N2O2. The van der Waals surface area contributed by atoms with Crippen LogP contribution >= 0.6 is 0 Å². The highest BCUT2D eigenvalue weighted by atomic mass is 16.5. The lowest BCUT2D eigenvalue weighted by molar-refractivity contribution is -0.119. The molecule has 104 valence electrons. The van der Waals surface area contributed by atoms with E-state index in [9.17, 15) is 4.79 Å². The van der Waals surface area contributed by atoms with Crippen LogP contribution in [0.3, 0.4) is 0 Å². The van der Waals surface area contributed by atoms with E-state index in [4.69, 9.17) is 10.5 Å². The molecule has 0 spiro atoms. The summed E-state index contributed by atoms with van der Waals surface area (Å²) >= 11 is 0. The first-order valence-corrected chi connectivity index (χ1v) is 6.86. The molecule has 0 unspecified atom stereocenters. The Kier molecular flexibility index (Phi) is 4.43. The number of nitrogens with one attached hydrogen (secondary N) is 1. The maximum atomic E-state index is 12.0. The van der Waals surface area contributed by atoms with Crippen LogP contribution in [0.5, 0.6) is 0 Å². The lowest BCUT2D eigenvalue weighted by Gasteiger charge is -2.34. The maximum Gasteiger partial charge on any atom is 0.224 e. The van der Waals surface area contributed by atoms with Crippen molar-refractivity contribution in [2.45, 2.75) is 39.2 Å². The molecule has 0 aromatic heterocycles. The number of amides is 1. The average Bonchev–Trinajstić information content (AvgIpc) is 2.31. The van der Waals surface area contributed by atoms with Crippen LogP contribution in [0.2, 0.25) is 0 Å². The zero-order valence-electron chi connectivity index (χ0n) is 11.6. The number of ether oxygens (including phenoxy) is 1. The third-order valence-corrected chi connectivity index (χ3v) is 3.64. The second kappa shape index (κ2) is 6.06. The summed E-state index contributed by atoms with van der Waals surface area (Å²) in [6, 6.07) is 5.64. The number of carbonyl (C=O) groups is 1. The van der Waals surface area contributed by atoms with E-state index in [-0.39, 0.29) is 5.91 Å². The monoisotopic (exact) mass is 262 g/mol. The predicted octanol–water partition coefficient (Wildman–Crippen LogP) is 2.72. The molecular weight excluding hydrogens is 240 g/mol. The van der Waals surface area contributed by atoms with E-state index in [1.54, 1.807) is 6.07 Å². The van der Waals surface area contributed by atoms with Crippen molar-refractivity contribution in [3.63, 3.8) is 0 Å². The molecule has 0 bridgehead atoms. The molecule has 2 rings (SSSR count). The smallest absolute Gasteiger partial charge is 0.224 e. The van der Waals surface area contributed by atoms with Gasteiger partial charge in [-0.05, 0) is 44.2 Å². The number of aryl methyl sites for hydroxylation is 1. The molecule has 0 saturated heterocycles. The van der Waals surface area contributed by atoms with Crippen molar-refractivity contribution in [2.24, 2.45) is 5.92 Å². The van der Waals surface area contributed by atoms with Crippen molar-refractivity contribution in [1.82, 2.24) is 0 Å². The first-order chi connectivity index (χ1) is 9.10. The number of hydrogen-bond donors (Lipinski definition) is 2. The highest BCUT2D eigenvalue weighted by Crippen LogP contribution is 2.33. The summed E-state index contributed by atoms with van der Waals surface area (Å²) in [6.07, 6.45) is 2.89. The molecule has 0 aliphatic heterocycles. The molecule has 1 aromatic carbocycles. The van der Waals surface area contributed by atoms with Crippen molar-refractivity contribution < 1.29 is 9.53 Å². The van der Waals surface area contributed by atoms with Crippen molar-refractivity contribution >= 4 is 17.3 Å². The van der Waals surface area contributed by atoms with Crippen LogP contribution in [0.4, 0.5) is 11.4 Å². The molecule has 4 nitrogen and oxygen atoms in total. The lowest BCUT2D eigenvalue weighted by atomic mass is 9.80. The summed E-state index contributed by atoms with van der Waals surface area (Å²) in [5, 5.41) is 2.92. The average molecular weight is 262 g/mol. The van der Waals surface area contributed by atoms with Gasteiger partial charge in [0, 0.05) is 13.0 Å². The van der Waals surface area contributed by atoms with Crippen LogP contribution in [-0.2, 0) is 9.53 Å². The van der Waals surface area contributed by atoms with Crippen LogP contribution in [0.1, 0.15) is 31.7 Å². The van der Waals surface area contributed by atoms with Gasteiger partial charge in [-0.3, -0.25) is 4.79 Å². The number of nitrogens with two attached hydrogens (primary N) is 1. The Morgan fingerprint density at radius 1 is 1.47 bits per heavy atom. The highest BCUT2D eigenvalue weighted by molar-refractivity contribution is 5.95. The van der Waals surface area contributed by atoms with Gasteiger partial charge in [-0.15, -0.1) is 0 Å². The van der Waals surface area contributed by atoms with Crippen molar-refractivity contribution in [3.8, 4) is 0 Å². The zero-order chi connectivity index (χ0) is 13.8. The first-order valence-electron chi connectivity index (χ1n) is 6.86. The Morgan fingerprint density at radius 3 is 2.84 bits per heavy atom. The third kappa shape index (κ3) is 3.47. The second-order valence-corrected chi connectivity index (χ2v) is 5.21. The highest BCUT2D eigenvalue weighted by Gasteiger charge is 2.31. The largest absolute Gasteiger partial charge is 0.397 e. The maximum absolute atomic E-state index is 12.0. The summed E-state index contributed by atoms with van der Waals surface area (Å²) in [5.74, 6) is 0.489. The molecule has 1 fully saturated rings. The fraction of sp³-hybridized carbons (Fsp3) is 0.533. The van der Waals surface area contributed by atoms with E-state index in [1.165, 1.54) is 0 Å². The van der Waals surface area contributed by atoms with Gasteiger partial charge in [0.1, 0.15) is 0 Å².